The monoisotopic (exact) mass is 294 g/mol. The number of carbonyl (C=O) groups is 1. The van der Waals surface area contributed by atoms with E-state index in [0.29, 0.717) is 22.4 Å². The number of amides is 1. The van der Waals surface area contributed by atoms with Crippen molar-refractivity contribution in [2.24, 2.45) is 0 Å². The fraction of sp³-hybridized carbons (Fsp3) is 0.571. The highest BCUT2D eigenvalue weighted by atomic mass is 35.5. The molecule has 108 valence electrons. The number of anilines is 1. The Kier molecular flexibility index (Phi) is 3.81. The second kappa shape index (κ2) is 5.58. The van der Waals surface area contributed by atoms with E-state index in [-0.39, 0.29) is 11.9 Å². The molecule has 2 aliphatic rings. The average Bonchev–Trinajstić information content (AvgIpc) is 2.85. The van der Waals surface area contributed by atoms with Gasteiger partial charge in [0.1, 0.15) is 5.82 Å². The number of fused-ring (bicyclic) bond motifs is 1. The van der Waals surface area contributed by atoms with E-state index in [1.807, 2.05) is 0 Å². The van der Waals surface area contributed by atoms with Gasteiger partial charge in [0.25, 0.3) is 5.91 Å². The quantitative estimate of drug-likeness (QED) is 0.870. The van der Waals surface area contributed by atoms with Gasteiger partial charge in [0.05, 0.1) is 10.6 Å². The van der Waals surface area contributed by atoms with Crippen molar-refractivity contribution >= 4 is 23.3 Å². The van der Waals surface area contributed by atoms with E-state index in [2.05, 4.69) is 15.2 Å². The maximum atomic E-state index is 12.4. The molecule has 2 fully saturated rings. The number of hydrogen-bond donors (Lipinski definition) is 2. The van der Waals surface area contributed by atoms with Gasteiger partial charge in [-0.2, -0.15) is 0 Å². The molecule has 0 saturated carbocycles. The molecule has 0 radical (unpaired) electrons. The number of rotatable bonds is 2. The normalized spacial score (nSPS) is 26.2. The minimum Gasteiger partial charge on any atom is -0.384 e. The lowest BCUT2D eigenvalue weighted by molar-refractivity contribution is 0.0915. The van der Waals surface area contributed by atoms with E-state index in [0.717, 1.165) is 25.9 Å². The fourth-order valence-electron chi connectivity index (χ4n) is 3.29. The van der Waals surface area contributed by atoms with E-state index in [1.54, 1.807) is 0 Å². The van der Waals surface area contributed by atoms with Gasteiger partial charge in [0.2, 0.25) is 0 Å². The molecule has 1 aromatic heterocycles. The third-order valence-corrected chi connectivity index (χ3v) is 4.59. The van der Waals surface area contributed by atoms with Gasteiger partial charge in [-0.05, 0) is 31.9 Å². The summed E-state index contributed by atoms with van der Waals surface area (Å²) in [5, 5.41) is 3.46. The summed E-state index contributed by atoms with van der Waals surface area (Å²) in [7, 11) is 0. The summed E-state index contributed by atoms with van der Waals surface area (Å²) in [4.78, 5) is 18.7. The highest BCUT2D eigenvalue weighted by molar-refractivity contribution is 6.33. The van der Waals surface area contributed by atoms with E-state index < -0.39 is 0 Å². The van der Waals surface area contributed by atoms with Crippen molar-refractivity contribution in [3.8, 4) is 0 Å². The van der Waals surface area contributed by atoms with Crippen LogP contribution in [0.1, 0.15) is 36.0 Å². The fourth-order valence-corrected chi connectivity index (χ4v) is 3.48. The van der Waals surface area contributed by atoms with Gasteiger partial charge < -0.3 is 11.1 Å². The number of nitrogens with two attached hydrogens (primary N) is 1. The Balaban J connectivity index is 1.71. The molecule has 3 heterocycles. The first-order chi connectivity index (χ1) is 9.65. The van der Waals surface area contributed by atoms with E-state index in [1.165, 1.54) is 25.1 Å². The van der Waals surface area contributed by atoms with Crippen molar-refractivity contribution in [3.05, 3.63) is 22.8 Å². The maximum Gasteiger partial charge on any atom is 0.253 e. The Labute approximate surface area is 123 Å². The third-order valence-electron chi connectivity index (χ3n) is 4.29. The SMILES string of the molecule is Nc1cc(C(=O)NC2CCN3CCCCC23)c(Cl)cn1. The summed E-state index contributed by atoms with van der Waals surface area (Å²) < 4.78 is 0. The lowest BCUT2D eigenvalue weighted by Crippen LogP contribution is -2.46. The standard InChI is InChI=1S/C14H19ClN4O/c15-10-8-17-13(16)7-9(10)14(20)18-11-4-6-19-5-2-1-3-12(11)19/h7-8,11-12H,1-6H2,(H2,16,17)(H,18,20). The summed E-state index contributed by atoms with van der Waals surface area (Å²) in [6, 6.07) is 2.23. The molecule has 6 heteroatoms. The maximum absolute atomic E-state index is 12.4. The molecule has 20 heavy (non-hydrogen) atoms. The second-order valence-electron chi connectivity index (χ2n) is 5.56. The lowest BCUT2D eigenvalue weighted by Gasteiger charge is -2.32. The molecule has 0 bridgehead atoms. The summed E-state index contributed by atoms with van der Waals surface area (Å²) >= 11 is 6.02. The molecule has 1 amide bonds. The van der Waals surface area contributed by atoms with Crippen molar-refractivity contribution in [2.75, 3.05) is 18.8 Å². The van der Waals surface area contributed by atoms with Gasteiger partial charge >= 0.3 is 0 Å². The van der Waals surface area contributed by atoms with Gasteiger partial charge in [-0.25, -0.2) is 4.98 Å². The smallest absolute Gasteiger partial charge is 0.253 e. The number of carbonyl (C=O) groups excluding carboxylic acids is 1. The van der Waals surface area contributed by atoms with Crippen LogP contribution in [0, 0.1) is 0 Å². The minimum absolute atomic E-state index is 0.151. The van der Waals surface area contributed by atoms with Crippen LogP contribution in [0.4, 0.5) is 5.82 Å². The van der Waals surface area contributed by atoms with Crippen molar-refractivity contribution in [2.45, 2.75) is 37.8 Å². The van der Waals surface area contributed by atoms with Crippen LogP contribution in [0.2, 0.25) is 5.02 Å². The van der Waals surface area contributed by atoms with E-state index in [4.69, 9.17) is 17.3 Å². The average molecular weight is 295 g/mol. The molecule has 5 nitrogen and oxygen atoms in total. The number of pyridine rings is 1. The molecule has 0 spiro atoms. The van der Waals surface area contributed by atoms with Crippen LogP contribution in [0.15, 0.2) is 12.3 Å². The van der Waals surface area contributed by atoms with Crippen molar-refractivity contribution in [1.82, 2.24) is 15.2 Å². The number of nitrogen functional groups attached to an aromatic ring is 1. The zero-order chi connectivity index (χ0) is 14.1. The predicted octanol–water partition coefficient (Wildman–Crippen LogP) is 1.67. The van der Waals surface area contributed by atoms with Crippen LogP contribution in [-0.4, -0.2) is 41.0 Å². The molecule has 0 aliphatic carbocycles. The number of nitrogens with one attached hydrogen (secondary N) is 1. The first kappa shape index (κ1) is 13.6. The van der Waals surface area contributed by atoms with E-state index in [9.17, 15) is 4.79 Å². The molecule has 2 saturated heterocycles. The largest absolute Gasteiger partial charge is 0.384 e. The molecule has 2 atom stereocenters. The van der Waals surface area contributed by atoms with E-state index >= 15 is 0 Å². The number of aromatic nitrogens is 1. The Bertz CT molecular complexity index is 522. The summed E-state index contributed by atoms with van der Waals surface area (Å²) in [6.45, 7) is 2.22. The topological polar surface area (TPSA) is 71.2 Å². The molecule has 2 aliphatic heterocycles. The second-order valence-corrected chi connectivity index (χ2v) is 5.96. The molecule has 2 unspecified atom stereocenters. The summed E-state index contributed by atoms with van der Waals surface area (Å²) in [5.74, 6) is 0.159. The zero-order valence-corrected chi connectivity index (χ0v) is 12.1. The van der Waals surface area contributed by atoms with Crippen molar-refractivity contribution < 1.29 is 4.79 Å². The minimum atomic E-state index is -0.151. The Morgan fingerprint density at radius 1 is 1.40 bits per heavy atom. The van der Waals surface area contributed by atoms with Crippen LogP contribution in [0.25, 0.3) is 0 Å². The predicted molar refractivity (Wildman–Crippen MR) is 78.7 cm³/mol. The summed E-state index contributed by atoms with van der Waals surface area (Å²) in [6.07, 6.45) is 6.11. The molecule has 3 N–H and O–H groups in total. The Morgan fingerprint density at radius 3 is 3.10 bits per heavy atom. The number of hydrogen-bond acceptors (Lipinski definition) is 4. The molecular weight excluding hydrogens is 276 g/mol. The lowest BCUT2D eigenvalue weighted by atomic mass is 9.99. The van der Waals surface area contributed by atoms with Gasteiger partial charge in [-0.3, -0.25) is 9.69 Å². The van der Waals surface area contributed by atoms with Crippen LogP contribution in [0.3, 0.4) is 0 Å². The Hall–Kier alpha value is -1.33. The first-order valence-corrected chi connectivity index (χ1v) is 7.49. The molecular formula is C14H19ClN4O. The van der Waals surface area contributed by atoms with Crippen molar-refractivity contribution in [1.29, 1.82) is 0 Å². The molecule has 1 aromatic rings. The van der Waals surface area contributed by atoms with Crippen LogP contribution >= 0.6 is 11.6 Å². The van der Waals surface area contributed by atoms with Gasteiger partial charge in [0.15, 0.2) is 0 Å². The van der Waals surface area contributed by atoms with Gasteiger partial charge in [-0.1, -0.05) is 18.0 Å². The number of halogens is 1. The number of piperidine rings is 1. The molecule has 0 aromatic carbocycles. The van der Waals surface area contributed by atoms with Gasteiger partial charge in [0, 0.05) is 24.8 Å². The molecule has 3 rings (SSSR count). The van der Waals surface area contributed by atoms with Gasteiger partial charge in [-0.15, -0.1) is 0 Å². The van der Waals surface area contributed by atoms with Crippen LogP contribution < -0.4 is 11.1 Å². The van der Waals surface area contributed by atoms with Crippen LogP contribution in [-0.2, 0) is 0 Å². The van der Waals surface area contributed by atoms with Crippen molar-refractivity contribution in [3.63, 3.8) is 0 Å². The highest BCUT2D eigenvalue weighted by Crippen LogP contribution is 2.27. The summed E-state index contributed by atoms with van der Waals surface area (Å²) in [5.41, 5.74) is 6.03. The first-order valence-electron chi connectivity index (χ1n) is 7.11. The Morgan fingerprint density at radius 2 is 2.25 bits per heavy atom. The highest BCUT2D eigenvalue weighted by Gasteiger charge is 2.36. The number of nitrogens with zero attached hydrogens (tertiary/aromatic N) is 2. The third kappa shape index (κ3) is 2.60. The zero-order valence-electron chi connectivity index (χ0n) is 11.3. The van der Waals surface area contributed by atoms with Crippen LogP contribution in [0.5, 0.6) is 0 Å².